The molecule has 6 rings (SSSR count). The van der Waals surface area contributed by atoms with Crippen molar-refractivity contribution in [3.05, 3.63) is 42.0 Å². The minimum absolute atomic E-state index is 0.0546. The largest absolute Gasteiger partial charge is 0.494 e. The predicted molar refractivity (Wildman–Crippen MR) is 261 cm³/mol. The molecule has 1 saturated carbocycles. The SMILES string of the molecule is CCCCCCC=CCCCOc1cccc(CCC2C(O)C(O)C(CO)OC2C2C3C(CO)OC(OC4C(CO)OC(OC5C(COC)OC(C)C(NC(C)=O)C5O)C(NC(C)=O)C4O)C(NC(C)=O)C32)c1. The van der Waals surface area contributed by atoms with E-state index in [0.29, 0.717) is 25.2 Å². The fourth-order valence-electron chi connectivity index (χ4n) is 11.5. The molecule has 73 heavy (non-hydrogen) atoms. The van der Waals surface area contributed by atoms with Crippen molar-refractivity contribution in [2.75, 3.05) is 40.1 Å². The van der Waals surface area contributed by atoms with Gasteiger partial charge in [-0.3, -0.25) is 14.4 Å². The van der Waals surface area contributed by atoms with Crippen molar-refractivity contribution in [3.8, 4) is 5.75 Å². The van der Waals surface area contributed by atoms with Crippen molar-refractivity contribution in [2.24, 2.45) is 23.7 Å². The molecule has 10 N–H and O–H groups in total. The molecule has 1 aromatic rings. The number of carbonyl (C=O) groups excluding carboxylic acids is 3. The molecule has 21 heteroatoms. The molecule has 0 bridgehead atoms. The smallest absolute Gasteiger partial charge is 0.217 e. The van der Waals surface area contributed by atoms with Crippen molar-refractivity contribution in [1.29, 1.82) is 0 Å². The second-order valence-corrected chi connectivity index (χ2v) is 20.3. The summed E-state index contributed by atoms with van der Waals surface area (Å²) in [6.45, 7) is 6.30. The third-order valence-electron chi connectivity index (χ3n) is 15.0. The van der Waals surface area contributed by atoms with Gasteiger partial charge in [-0.2, -0.15) is 0 Å². The Morgan fingerprint density at radius 1 is 0.658 bits per heavy atom. The number of unbranched alkanes of at least 4 members (excludes halogenated alkanes) is 5. The van der Waals surface area contributed by atoms with Gasteiger partial charge in [-0.1, -0.05) is 50.5 Å². The highest BCUT2D eigenvalue weighted by Gasteiger charge is 2.69. The number of allylic oxidation sites excluding steroid dienone is 2. The highest BCUT2D eigenvalue weighted by Crippen LogP contribution is 2.60. The minimum Gasteiger partial charge on any atom is -0.494 e. The highest BCUT2D eigenvalue weighted by atomic mass is 16.7. The monoisotopic (exact) mass is 1040 g/mol. The summed E-state index contributed by atoms with van der Waals surface area (Å²) in [5, 5.41) is 86.7. The first-order valence-corrected chi connectivity index (χ1v) is 26.2. The van der Waals surface area contributed by atoms with Crippen molar-refractivity contribution >= 4 is 17.7 Å². The quantitative estimate of drug-likeness (QED) is 0.0436. The molecule has 21 unspecified atom stereocenters. The Morgan fingerprint density at radius 2 is 1.26 bits per heavy atom. The Hall–Kier alpha value is -3.39. The molecule has 4 aliphatic heterocycles. The van der Waals surface area contributed by atoms with Gasteiger partial charge in [0.1, 0.15) is 60.6 Å². The Balaban J connectivity index is 1.18. The van der Waals surface area contributed by atoms with Crippen LogP contribution in [0.5, 0.6) is 5.75 Å². The van der Waals surface area contributed by atoms with Crippen molar-refractivity contribution in [3.63, 3.8) is 0 Å². The molecule has 4 heterocycles. The van der Waals surface area contributed by atoms with Crippen molar-refractivity contribution < 1.29 is 88.0 Å². The van der Waals surface area contributed by atoms with Gasteiger partial charge in [-0.15, -0.1) is 0 Å². The maximum Gasteiger partial charge on any atom is 0.217 e. The van der Waals surface area contributed by atoms with Crippen LogP contribution >= 0.6 is 0 Å². The van der Waals surface area contributed by atoms with E-state index in [2.05, 4.69) is 35.0 Å². The van der Waals surface area contributed by atoms with Gasteiger partial charge in [-0.05, 0) is 80.9 Å². The Bertz CT molecular complexity index is 1920. The normalized spacial score (nSPS) is 38.3. The predicted octanol–water partition coefficient (Wildman–Crippen LogP) is 0.139. The molecule has 0 spiro atoms. The molecular formula is C52H83N3O18. The number of benzene rings is 1. The summed E-state index contributed by atoms with van der Waals surface area (Å²) >= 11 is 0. The number of ether oxygens (including phenoxy) is 8. The Kier molecular flexibility index (Phi) is 22.7. The number of rotatable bonds is 26. The molecule has 3 amide bonds. The summed E-state index contributed by atoms with van der Waals surface area (Å²) in [7, 11) is 1.42. The Morgan fingerprint density at radius 3 is 1.90 bits per heavy atom. The summed E-state index contributed by atoms with van der Waals surface area (Å²) < 4.78 is 49.4. The molecule has 4 saturated heterocycles. The van der Waals surface area contributed by atoms with Crippen LogP contribution in [0.25, 0.3) is 0 Å². The maximum atomic E-state index is 13.0. The van der Waals surface area contributed by atoms with Crippen molar-refractivity contribution in [2.45, 2.75) is 196 Å². The third-order valence-corrected chi connectivity index (χ3v) is 15.0. The molecule has 21 nitrogen and oxygen atoms in total. The Labute approximate surface area is 428 Å². The summed E-state index contributed by atoms with van der Waals surface area (Å²) in [5.74, 6) is -2.98. The van der Waals surface area contributed by atoms with Crippen LogP contribution in [0.3, 0.4) is 0 Å². The lowest BCUT2D eigenvalue weighted by atomic mass is 9.80. The van der Waals surface area contributed by atoms with Gasteiger partial charge in [0, 0.05) is 33.8 Å². The van der Waals surface area contributed by atoms with E-state index in [4.69, 9.17) is 37.9 Å². The van der Waals surface area contributed by atoms with Crippen LogP contribution in [0, 0.1) is 23.7 Å². The number of methoxy groups -OCH3 is 1. The minimum atomic E-state index is -1.70. The number of carbonyl (C=O) groups is 3. The fourth-order valence-corrected chi connectivity index (χ4v) is 11.5. The number of aliphatic hydroxyl groups is 7. The van der Waals surface area contributed by atoms with Gasteiger partial charge in [0.25, 0.3) is 0 Å². The zero-order chi connectivity index (χ0) is 52.9. The first-order chi connectivity index (χ1) is 35.1. The fraction of sp³-hybridized carbons (Fsp3) is 0.788. The summed E-state index contributed by atoms with van der Waals surface area (Å²) in [6, 6.07) is 4.40. The number of hydrogen-bond donors (Lipinski definition) is 10. The van der Waals surface area contributed by atoms with Gasteiger partial charge < -0.3 is 89.6 Å². The molecular weight excluding hydrogens is 955 g/mol. The number of aliphatic hydroxyl groups excluding tert-OH is 7. The summed E-state index contributed by atoms with van der Waals surface area (Å²) in [6.07, 6.45) is -4.21. The van der Waals surface area contributed by atoms with Gasteiger partial charge in [0.15, 0.2) is 12.6 Å². The standard InChI is InChI=1S/C52H83N3O18/c1-7-8-9-10-11-12-13-14-15-21-67-32-18-16-17-31(22-32)19-20-33-44(62)45(63)35(24-57)69-48(33)40-38-34(23-56)70-51(42(39(38)40)54-29(4)60)72-49-36(25-58)71-52(43(47(49)65)55-30(5)61)73-50-37(26-66-6)68-27(2)41(46(50)64)53-28(3)59/h12-13,16-18,22,27,33-52,56-58,62-65H,7-11,14-15,19-21,23-26H2,1-6H3,(H,53,59)(H,54,60)(H,55,61). The van der Waals surface area contributed by atoms with Gasteiger partial charge in [0.05, 0.1) is 69.5 Å². The summed E-state index contributed by atoms with van der Waals surface area (Å²) in [4.78, 5) is 37.8. The molecule has 5 aliphatic rings. The number of fused-ring (bicyclic) bond motifs is 1. The zero-order valence-corrected chi connectivity index (χ0v) is 43.1. The summed E-state index contributed by atoms with van der Waals surface area (Å²) in [5.41, 5.74) is 0.933. The van der Waals surface area contributed by atoms with E-state index < -0.39 is 165 Å². The van der Waals surface area contributed by atoms with E-state index >= 15 is 0 Å². The molecule has 414 valence electrons. The highest BCUT2D eigenvalue weighted by molar-refractivity contribution is 5.74. The van der Waals surface area contributed by atoms with E-state index in [0.717, 1.165) is 24.8 Å². The molecule has 1 aromatic carbocycles. The van der Waals surface area contributed by atoms with E-state index in [1.165, 1.54) is 53.6 Å². The molecule has 0 radical (unpaired) electrons. The van der Waals surface area contributed by atoms with Crippen LogP contribution in [0.4, 0.5) is 0 Å². The van der Waals surface area contributed by atoms with Gasteiger partial charge >= 0.3 is 0 Å². The number of amides is 3. The topological polar surface area (TPSA) is 303 Å². The van der Waals surface area contributed by atoms with Crippen LogP contribution in [0.15, 0.2) is 36.4 Å². The third kappa shape index (κ3) is 15.0. The van der Waals surface area contributed by atoms with E-state index in [1.54, 1.807) is 6.92 Å². The molecule has 5 fully saturated rings. The van der Waals surface area contributed by atoms with Crippen molar-refractivity contribution in [1.82, 2.24) is 16.0 Å². The van der Waals surface area contributed by atoms with E-state index in [9.17, 15) is 50.1 Å². The lowest BCUT2D eigenvalue weighted by molar-refractivity contribution is -0.338. The van der Waals surface area contributed by atoms with Crippen LogP contribution < -0.4 is 20.7 Å². The van der Waals surface area contributed by atoms with E-state index in [-0.39, 0.29) is 6.61 Å². The van der Waals surface area contributed by atoms with Crippen LogP contribution in [-0.4, -0.2) is 198 Å². The van der Waals surface area contributed by atoms with Gasteiger partial charge in [0.2, 0.25) is 17.7 Å². The first kappa shape index (κ1) is 58.9. The molecule has 21 atom stereocenters. The first-order valence-electron chi connectivity index (χ1n) is 26.2. The lowest BCUT2D eigenvalue weighted by Gasteiger charge is -2.49. The van der Waals surface area contributed by atoms with E-state index in [1.807, 2.05) is 24.3 Å². The van der Waals surface area contributed by atoms with Crippen LogP contribution in [0.1, 0.15) is 91.5 Å². The zero-order valence-electron chi connectivity index (χ0n) is 43.1. The average molecular weight is 1040 g/mol. The molecule has 1 aliphatic carbocycles. The second-order valence-electron chi connectivity index (χ2n) is 20.3. The maximum absolute atomic E-state index is 13.0. The lowest BCUT2D eigenvalue weighted by Crippen LogP contribution is -2.69. The van der Waals surface area contributed by atoms with Gasteiger partial charge in [-0.25, -0.2) is 0 Å². The molecule has 0 aromatic heterocycles. The van der Waals surface area contributed by atoms with Crippen LogP contribution in [-0.2, 0) is 54.0 Å². The number of hydrogen-bond acceptors (Lipinski definition) is 18. The van der Waals surface area contributed by atoms with Crippen LogP contribution in [0.2, 0.25) is 0 Å². The number of nitrogens with one attached hydrogen (secondary N) is 3. The number of aryl methyl sites for hydroxylation is 1. The average Bonchev–Trinajstić information content (AvgIpc) is 4.10. The second kappa shape index (κ2) is 28.1.